The summed E-state index contributed by atoms with van der Waals surface area (Å²) in [5, 5.41) is 0.645. The molecule has 0 aliphatic rings. The van der Waals surface area contributed by atoms with Gasteiger partial charge in [-0.1, -0.05) is 11.6 Å². The van der Waals surface area contributed by atoms with E-state index in [9.17, 15) is 0 Å². The predicted molar refractivity (Wildman–Crippen MR) is 76.1 cm³/mol. The summed E-state index contributed by atoms with van der Waals surface area (Å²) in [6.45, 7) is 1.91. The number of hydrogen-bond donors (Lipinski definition) is 1. The van der Waals surface area contributed by atoms with Crippen LogP contribution in [0.2, 0.25) is 5.02 Å². The highest BCUT2D eigenvalue weighted by Crippen LogP contribution is 2.31. The molecule has 0 saturated heterocycles. The number of ether oxygens (including phenoxy) is 1. The Morgan fingerprint density at radius 3 is 2.78 bits per heavy atom. The molecule has 0 spiro atoms. The van der Waals surface area contributed by atoms with Crippen molar-refractivity contribution in [3.8, 4) is 11.6 Å². The number of nitrogens with two attached hydrogens (primary N) is 1. The van der Waals surface area contributed by atoms with Gasteiger partial charge in [0.1, 0.15) is 5.75 Å². The lowest BCUT2D eigenvalue weighted by Gasteiger charge is -2.10. The molecule has 0 aliphatic heterocycles. The lowest BCUT2D eigenvalue weighted by atomic mass is 10.1. The van der Waals surface area contributed by atoms with Gasteiger partial charge in [0, 0.05) is 23.3 Å². The number of nitrogens with zero attached hydrogens (tertiary/aromatic N) is 1. The van der Waals surface area contributed by atoms with Crippen LogP contribution in [-0.2, 0) is 0 Å². The first-order valence-electron chi connectivity index (χ1n) is 5.40. The van der Waals surface area contributed by atoms with Crippen molar-refractivity contribution >= 4 is 27.5 Å². The van der Waals surface area contributed by atoms with Gasteiger partial charge in [0.2, 0.25) is 5.88 Å². The van der Waals surface area contributed by atoms with Crippen molar-refractivity contribution in [1.82, 2.24) is 4.98 Å². The minimum absolute atomic E-state index is 0.0518. The van der Waals surface area contributed by atoms with Crippen molar-refractivity contribution in [3.05, 3.63) is 51.6 Å². The molecule has 1 heterocycles. The van der Waals surface area contributed by atoms with Gasteiger partial charge in [-0.15, -0.1) is 0 Å². The van der Waals surface area contributed by atoms with Crippen LogP contribution in [0.5, 0.6) is 11.6 Å². The second-order valence-electron chi connectivity index (χ2n) is 3.89. The molecule has 2 N–H and O–H groups in total. The average Bonchev–Trinajstić information content (AvgIpc) is 2.33. The van der Waals surface area contributed by atoms with Crippen LogP contribution in [0, 0.1) is 0 Å². The van der Waals surface area contributed by atoms with Crippen LogP contribution < -0.4 is 10.5 Å². The Bertz CT molecular complexity index is 560. The molecule has 0 aliphatic carbocycles. The summed E-state index contributed by atoms with van der Waals surface area (Å²) >= 11 is 9.26. The molecule has 2 rings (SSSR count). The van der Waals surface area contributed by atoms with E-state index in [2.05, 4.69) is 20.9 Å². The first-order valence-corrected chi connectivity index (χ1v) is 6.58. The standard InChI is InChI=1S/C13H12BrClN2O/c1-8(16)9-4-5-17-13(6-9)18-12-3-2-10(15)7-11(12)14/h2-8H,16H2,1H3/t8-/m1/s1. The lowest BCUT2D eigenvalue weighted by Crippen LogP contribution is -2.05. The molecule has 5 heteroatoms. The highest BCUT2D eigenvalue weighted by atomic mass is 79.9. The summed E-state index contributed by atoms with van der Waals surface area (Å²) in [6.07, 6.45) is 1.68. The fourth-order valence-corrected chi connectivity index (χ4v) is 2.20. The van der Waals surface area contributed by atoms with E-state index in [1.54, 1.807) is 24.4 Å². The molecule has 0 fully saturated rings. The quantitative estimate of drug-likeness (QED) is 0.914. The Kier molecular flexibility index (Phi) is 4.22. The average molecular weight is 328 g/mol. The summed E-state index contributed by atoms with van der Waals surface area (Å²) in [6, 6.07) is 8.96. The van der Waals surface area contributed by atoms with Crippen LogP contribution in [0.1, 0.15) is 18.5 Å². The minimum atomic E-state index is -0.0518. The molecular weight excluding hydrogens is 316 g/mol. The largest absolute Gasteiger partial charge is 0.438 e. The Balaban J connectivity index is 2.25. The molecule has 1 aromatic heterocycles. The summed E-state index contributed by atoms with van der Waals surface area (Å²) in [5.74, 6) is 1.17. The fraction of sp³-hybridized carbons (Fsp3) is 0.154. The lowest BCUT2D eigenvalue weighted by molar-refractivity contribution is 0.459. The van der Waals surface area contributed by atoms with Gasteiger partial charge < -0.3 is 10.5 Å². The van der Waals surface area contributed by atoms with E-state index in [1.807, 2.05) is 19.1 Å². The SMILES string of the molecule is C[C@@H](N)c1ccnc(Oc2ccc(Cl)cc2Br)c1. The van der Waals surface area contributed by atoms with Crippen molar-refractivity contribution in [2.45, 2.75) is 13.0 Å². The topological polar surface area (TPSA) is 48.1 Å². The Hall–Kier alpha value is -1.10. The van der Waals surface area contributed by atoms with E-state index in [-0.39, 0.29) is 6.04 Å². The second kappa shape index (κ2) is 5.69. The number of halogens is 2. The van der Waals surface area contributed by atoms with Gasteiger partial charge in [0.05, 0.1) is 4.47 Å². The number of aromatic nitrogens is 1. The van der Waals surface area contributed by atoms with Gasteiger partial charge in [0.15, 0.2) is 0 Å². The van der Waals surface area contributed by atoms with Crippen molar-refractivity contribution in [2.75, 3.05) is 0 Å². The van der Waals surface area contributed by atoms with Gasteiger partial charge in [-0.2, -0.15) is 0 Å². The maximum atomic E-state index is 5.87. The maximum absolute atomic E-state index is 5.87. The molecule has 3 nitrogen and oxygen atoms in total. The zero-order valence-electron chi connectivity index (χ0n) is 9.73. The smallest absolute Gasteiger partial charge is 0.219 e. The molecular formula is C13H12BrClN2O. The molecule has 0 radical (unpaired) electrons. The summed E-state index contributed by atoms with van der Waals surface area (Å²) in [5.41, 5.74) is 6.79. The Morgan fingerprint density at radius 2 is 2.11 bits per heavy atom. The molecule has 1 atom stereocenters. The molecule has 0 amide bonds. The number of benzene rings is 1. The summed E-state index contributed by atoms with van der Waals surface area (Å²) < 4.78 is 6.46. The first-order chi connectivity index (χ1) is 8.56. The monoisotopic (exact) mass is 326 g/mol. The van der Waals surface area contributed by atoms with Crippen LogP contribution in [0.4, 0.5) is 0 Å². The van der Waals surface area contributed by atoms with Gasteiger partial charge in [-0.3, -0.25) is 0 Å². The second-order valence-corrected chi connectivity index (χ2v) is 5.18. The molecule has 0 unspecified atom stereocenters. The summed E-state index contributed by atoms with van der Waals surface area (Å²) in [4.78, 5) is 4.15. The van der Waals surface area contributed by atoms with E-state index in [0.717, 1.165) is 10.0 Å². The van der Waals surface area contributed by atoms with Crippen LogP contribution >= 0.6 is 27.5 Å². The fourth-order valence-electron chi connectivity index (χ4n) is 1.43. The van der Waals surface area contributed by atoms with E-state index in [4.69, 9.17) is 22.1 Å². The van der Waals surface area contributed by atoms with Crippen LogP contribution in [0.3, 0.4) is 0 Å². The molecule has 0 saturated carbocycles. The predicted octanol–water partition coefficient (Wildman–Crippen LogP) is 4.31. The third-order valence-corrected chi connectivity index (χ3v) is 3.25. The van der Waals surface area contributed by atoms with Crippen LogP contribution in [0.25, 0.3) is 0 Å². The number of hydrogen-bond acceptors (Lipinski definition) is 3. The first kappa shape index (κ1) is 13.3. The molecule has 0 bridgehead atoms. The Morgan fingerprint density at radius 1 is 1.33 bits per heavy atom. The molecule has 94 valence electrons. The van der Waals surface area contributed by atoms with E-state index in [0.29, 0.717) is 16.7 Å². The van der Waals surface area contributed by atoms with Crippen LogP contribution in [0.15, 0.2) is 41.0 Å². The van der Waals surface area contributed by atoms with Crippen molar-refractivity contribution in [3.63, 3.8) is 0 Å². The van der Waals surface area contributed by atoms with Gasteiger partial charge >= 0.3 is 0 Å². The Labute approximate surface area is 119 Å². The number of pyridine rings is 1. The third-order valence-electron chi connectivity index (χ3n) is 2.39. The minimum Gasteiger partial charge on any atom is -0.438 e. The molecule has 1 aromatic carbocycles. The molecule has 18 heavy (non-hydrogen) atoms. The van der Waals surface area contributed by atoms with E-state index < -0.39 is 0 Å². The van der Waals surface area contributed by atoms with Crippen molar-refractivity contribution < 1.29 is 4.74 Å². The van der Waals surface area contributed by atoms with Crippen molar-refractivity contribution in [1.29, 1.82) is 0 Å². The summed E-state index contributed by atoms with van der Waals surface area (Å²) in [7, 11) is 0. The number of rotatable bonds is 3. The zero-order chi connectivity index (χ0) is 13.1. The van der Waals surface area contributed by atoms with Gasteiger partial charge in [-0.05, 0) is 52.7 Å². The van der Waals surface area contributed by atoms with Gasteiger partial charge in [0.25, 0.3) is 0 Å². The third kappa shape index (κ3) is 3.22. The maximum Gasteiger partial charge on any atom is 0.219 e. The van der Waals surface area contributed by atoms with E-state index in [1.165, 1.54) is 0 Å². The normalized spacial score (nSPS) is 12.2. The zero-order valence-corrected chi connectivity index (χ0v) is 12.1. The van der Waals surface area contributed by atoms with E-state index >= 15 is 0 Å². The van der Waals surface area contributed by atoms with Crippen LogP contribution in [-0.4, -0.2) is 4.98 Å². The van der Waals surface area contributed by atoms with Gasteiger partial charge in [-0.25, -0.2) is 4.98 Å². The highest BCUT2D eigenvalue weighted by molar-refractivity contribution is 9.10. The molecule has 2 aromatic rings. The highest BCUT2D eigenvalue weighted by Gasteiger charge is 2.06. The van der Waals surface area contributed by atoms with Crippen molar-refractivity contribution in [2.24, 2.45) is 5.73 Å².